The summed E-state index contributed by atoms with van der Waals surface area (Å²) in [6.07, 6.45) is 7.13. The van der Waals surface area contributed by atoms with Crippen LogP contribution >= 0.6 is 0 Å². The van der Waals surface area contributed by atoms with E-state index in [-0.39, 0.29) is 0 Å². The highest BCUT2D eigenvalue weighted by Crippen LogP contribution is 2.12. The van der Waals surface area contributed by atoms with Gasteiger partial charge in [-0.2, -0.15) is 0 Å². The molecule has 0 spiro atoms. The zero-order chi connectivity index (χ0) is 12.7. The van der Waals surface area contributed by atoms with E-state index >= 15 is 0 Å². The number of nitrogens with one attached hydrogen (secondary N) is 1. The van der Waals surface area contributed by atoms with E-state index in [0.29, 0.717) is 12.5 Å². The van der Waals surface area contributed by atoms with Crippen molar-refractivity contribution in [2.75, 3.05) is 25.0 Å². The van der Waals surface area contributed by atoms with Gasteiger partial charge in [0.1, 0.15) is 0 Å². The van der Waals surface area contributed by atoms with Crippen LogP contribution in [0.5, 0.6) is 0 Å². The molecule has 0 atom stereocenters. The van der Waals surface area contributed by atoms with Gasteiger partial charge in [-0.15, -0.1) is 6.42 Å². The molecule has 0 saturated carbocycles. The van der Waals surface area contributed by atoms with Crippen LogP contribution < -0.4 is 10.2 Å². The number of terminal acetylenes is 1. The first kappa shape index (κ1) is 13.5. The Morgan fingerprint density at radius 2 is 2.29 bits per heavy atom. The predicted molar refractivity (Wildman–Crippen MR) is 72.9 cm³/mol. The summed E-state index contributed by atoms with van der Waals surface area (Å²) in [6, 6.07) is 4.05. The first-order valence-electron chi connectivity index (χ1n) is 5.93. The molecule has 0 aliphatic carbocycles. The Bertz CT molecular complexity index is 379. The molecule has 92 valence electrons. The summed E-state index contributed by atoms with van der Waals surface area (Å²) in [6.45, 7) is 6.81. The van der Waals surface area contributed by atoms with E-state index in [1.807, 2.05) is 24.2 Å². The first-order valence-corrected chi connectivity index (χ1v) is 5.93. The van der Waals surface area contributed by atoms with Crippen molar-refractivity contribution < 1.29 is 0 Å². The van der Waals surface area contributed by atoms with E-state index in [1.165, 1.54) is 0 Å². The minimum Gasteiger partial charge on any atom is -0.363 e. The van der Waals surface area contributed by atoms with Gasteiger partial charge in [-0.05, 0) is 24.6 Å². The lowest BCUT2D eigenvalue weighted by atomic mass is 10.2. The van der Waals surface area contributed by atoms with Crippen LogP contribution in [0.2, 0.25) is 0 Å². The summed E-state index contributed by atoms with van der Waals surface area (Å²) in [4.78, 5) is 6.37. The minimum atomic E-state index is 0.614. The van der Waals surface area contributed by atoms with Crippen molar-refractivity contribution in [3.05, 3.63) is 24.0 Å². The third-order valence-electron chi connectivity index (χ3n) is 2.43. The molecular weight excluding hydrogens is 210 g/mol. The van der Waals surface area contributed by atoms with Gasteiger partial charge in [0.15, 0.2) is 0 Å². The third kappa shape index (κ3) is 4.88. The number of hydrogen-bond donors (Lipinski definition) is 1. The molecular formula is C14H21N3. The Kier molecular flexibility index (Phi) is 5.51. The van der Waals surface area contributed by atoms with Gasteiger partial charge in [0.2, 0.25) is 0 Å². The van der Waals surface area contributed by atoms with E-state index in [4.69, 9.17) is 6.42 Å². The van der Waals surface area contributed by atoms with Crippen molar-refractivity contribution in [3.63, 3.8) is 0 Å². The second-order valence-electron chi connectivity index (χ2n) is 4.59. The van der Waals surface area contributed by atoms with Crippen molar-refractivity contribution in [2.45, 2.75) is 20.4 Å². The topological polar surface area (TPSA) is 28.2 Å². The highest BCUT2D eigenvalue weighted by molar-refractivity contribution is 5.46. The van der Waals surface area contributed by atoms with Crippen molar-refractivity contribution in [3.8, 4) is 12.3 Å². The summed E-state index contributed by atoms with van der Waals surface area (Å²) in [5.74, 6) is 3.29. The van der Waals surface area contributed by atoms with Gasteiger partial charge in [-0.3, -0.25) is 4.98 Å². The molecule has 3 nitrogen and oxygen atoms in total. The molecule has 17 heavy (non-hydrogen) atoms. The highest BCUT2D eigenvalue weighted by atomic mass is 15.1. The molecule has 1 aromatic heterocycles. The van der Waals surface area contributed by atoms with Gasteiger partial charge in [-0.25, -0.2) is 0 Å². The Morgan fingerprint density at radius 3 is 2.94 bits per heavy atom. The molecule has 0 radical (unpaired) electrons. The zero-order valence-corrected chi connectivity index (χ0v) is 10.9. The molecule has 1 N–H and O–H groups in total. The van der Waals surface area contributed by atoms with Crippen molar-refractivity contribution >= 4 is 5.69 Å². The van der Waals surface area contributed by atoms with E-state index in [2.05, 4.69) is 36.1 Å². The van der Waals surface area contributed by atoms with Crippen molar-refractivity contribution in [2.24, 2.45) is 5.92 Å². The number of aromatic nitrogens is 1. The molecule has 0 aromatic carbocycles. The van der Waals surface area contributed by atoms with Gasteiger partial charge in [0.05, 0.1) is 12.2 Å². The van der Waals surface area contributed by atoms with Gasteiger partial charge in [0, 0.05) is 25.5 Å². The molecule has 0 aliphatic heterocycles. The fourth-order valence-corrected chi connectivity index (χ4v) is 1.52. The van der Waals surface area contributed by atoms with Crippen LogP contribution in [-0.4, -0.2) is 25.1 Å². The van der Waals surface area contributed by atoms with Crippen LogP contribution in [0.1, 0.15) is 19.5 Å². The Hall–Kier alpha value is -1.53. The van der Waals surface area contributed by atoms with Crippen LogP contribution in [-0.2, 0) is 6.54 Å². The van der Waals surface area contributed by atoms with Crippen LogP contribution in [0, 0.1) is 18.3 Å². The second kappa shape index (κ2) is 6.93. The summed E-state index contributed by atoms with van der Waals surface area (Å²) in [5.41, 5.74) is 2.16. The molecule has 0 aliphatic rings. The van der Waals surface area contributed by atoms with E-state index in [0.717, 1.165) is 24.5 Å². The zero-order valence-electron chi connectivity index (χ0n) is 10.9. The maximum Gasteiger partial charge on any atom is 0.0788 e. The van der Waals surface area contributed by atoms with Gasteiger partial charge >= 0.3 is 0 Å². The molecule has 1 heterocycles. The van der Waals surface area contributed by atoms with E-state index in [1.54, 1.807) is 0 Å². The Balaban J connectivity index is 2.57. The normalized spacial score (nSPS) is 10.3. The quantitative estimate of drug-likeness (QED) is 0.758. The minimum absolute atomic E-state index is 0.614. The average Bonchev–Trinajstić information content (AvgIpc) is 2.29. The smallest absolute Gasteiger partial charge is 0.0788 e. The van der Waals surface area contributed by atoms with E-state index in [9.17, 15) is 0 Å². The molecule has 0 amide bonds. The standard InChI is InChI=1S/C14H21N3/c1-5-8-17(4)14-6-7-16-13(9-14)11-15-10-12(2)3/h1,6-7,9,12,15H,8,10-11H2,2-4H3. The van der Waals surface area contributed by atoms with Crippen LogP contribution in [0.25, 0.3) is 0 Å². The molecule has 0 saturated heterocycles. The predicted octanol–water partition coefficient (Wildman–Crippen LogP) is 1.90. The summed E-state index contributed by atoms with van der Waals surface area (Å²) in [7, 11) is 1.99. The number of hydrogen-bond acceptors (Lipinski definition) is 3. The number of nitrogens with zero attached hydrogens (tertiary/aromatic N) is 2. The second-order valence-corrected chi connectivity index (χ2v) is 4.59. The Morgan fingerprint density at radius 1 is 1.53 bits per heavy atom. The summed E-state index contributed by atoms with van der Waals surface area (Å²) in [5, 5.41) is 3.38. The van der Waals surface area contributed by atoms with Crippen LogP contribution in [0.3, 0.4) is 0 Å². The van der Waals surface area contributed by atoms with Gasteiger partial charge in [-0.1, -0.05) is 19.8 Å². The van der Waals surface area contributed by atoms with Gasteiger partial charge < -0.3 is 10.2 Å². The molecule has 1 aromatic rings. The monoisotopic (exact) mass is 231 g/mol. The van der Waals surface area contributed by atoms with Crippen molar-refractivity contribution in [1.29, 1.82) is 0 Å². The number of pyridine rings is 1. The lowest BCUT2D eigenvalue weighted by Gasteiger charge is -2.16. The highest BCUT2D eigenvalue weighted by Gasteiger charge is 2.01. The average molecular weight is 231 g/mol. The lowest BCUT2D eigenvalue weighted by molar-refractivity contribution is 0.548. The summed E-state index contributed by atoms with van der Waals surface area (Å²) >= 11 is 0. The number of anilines is 1. The first-order chi connectivity index (χ1) is 8.13. The largest absolute Gasteiger partial charge is 0.363 e. The van der Waals surface area contributed by atoms with Crippen LogP contribution in [0.4, 0.5) is 5.69 Å². The van der Waals surface area contributed by atoms with Crippen molar-refractivity contribution in [1.82, 2.24) is 10.3 Å². The molecule has 0 unspecified atom stereocenters. The molecule has 0 fully saturated rings. The molecule has 1 rings (SSSR count). The fraction of sp³-hybridized carbons (Fsp3) is 0.500. The molecule has 0 bridgehead atoms. The van der Waals surface area contributed by atoms with Gasteiger partial charge in [0.25, 0.3) is 0 Å². The third-order valence-corrected chi connectivity index (χ3v) is 2.43. The molecule has 3 heteroatoms. The lowest BCUT2D eigenvalue weighted by Crippen LogP contribution is -2.21. The van der Waals surface area contributed by atoms with Crippen LogP contribution in [0.15, 0.2) is 18.3 Å². The Labute approximate surface area is 104 Å². The van der Waals surface area contributed by atoms with E-state index < -0.39 is 0 Å². The SMILES string of the molecule is C#CCN(C)c1ccnc(CNCC(C)C)c1. The fourth-order valence-electron chi connectivity index (χ4n) is 1.52. The number of rotatable bonds is 6. The maximum atomic E-state index is 5.30. The summed E-state index contributed by atoms with van der Waals surface area (Å²) < 4.78 is 0. The maximum absolute atomic E-state index is 5.30.